The van der Waals surface area contributed by atoms with Crippen molar-refractivity contribution in [3.63, 3.8) is 0 Å². The van der Waals surface area contributed by atoms with E-state index in [0.717, 1.165) is 21.9 Å². The summed E-state index contributed by atoms with van der Waals surface area (Å²) >= 11 is 6.15. The molecule has 0 fully saturated rings. The first-order valence-corrected chi connectivity index (χ1v) is 9.13. The Morgan fingerprint density at radius 1 is 0.964 bits per heavy atom. The summed E-state index contributed by atoms with van der Waals surface area (Å²) in [6, 6.07) is 20.9. The van der Waals surface area contributed by atoms with E-state index in [2.05, 4.69) is 5.10 Å². The maximum Gasteiger partial charge on any atom is 0.311 e. The van der Waals surface area contributed by atoms with Crippen LogP contribution in [0.1, 0.15) is 11.1 Å². The van der Waals surface area contributed by atoms with E-state index < -0.39 is 5.56 Å². The molecule has 0 unspecified atom stereocenters. The third-order valence-corrected chi connectivity index (χ3v) is 4.70. The van der Waals surface area contributed by atoms with E-state index in [-0.39, 0.29) is 17.4 Å². The molecule has 1 aromatic heterocycles. The molecule has 5 nitrogen and oxygen atoms in total. The van der Waals surface area contributed by atoms with Crippen molar-refractivity contribution < 1.29 is 9.84 Å². The second-order valence-corrected chi connectivity index (χ2v) is 6.78. The molecule has 0 saturated heterocycles. The highest BCUT2D eigenvalue weighted by Crippen LogP contribution is 2.25. The quantitative estimate of drug-likeness (QED) is 0.547. The summed E-state index contributed by atoms with van der Waals surface area (Å²) in [6.45, 7) is 0.246. The van der Waals surface area contributed by atoms with Crippen LogP contribution in [0.15, 0.2) is 77.7 Å². The lowest BCUT2D eigenvalue weighted by atomic mass is 10.1. The first kappa shape index (κ1) is 18.2. The molecule has 0 amide bonds. The fourth-order valence-electron chi connectivity index (χ4n) is 2.95. The Labute approximate surface area is 166 Å². The zero-order chi connectivity index (χ0) is 19.5. The number of nitrogens with zero attached hydrogens (tertiary/aromatic N) is 2. The van der Waals surface area contributed by atoms with Crippen LogP contribution in [0.3, 0.4) is 0 Å². The Balaban J connectivity index is 1.64. The van der Waals surface area contributed by atoms with Crippen molar-refractivity contribution in [2.24, 2.45) is 0 Å². The molecule has 0 spiro atoms. The molecule has 0 saturated carbocycles. The molecule has 4 rings (SSSR count). The van der Waals surface area contributed by atoms with Crippen LogP contribution in [-0.4, -0.2) is 14.9 Å². The van der Waals surface area contributed by atoms with Crippen molar-refractivity contribution in [1.29, 1.82) is 0 Å². The fourth-order valence-corrected chi connectivity index (χ4v) is 3.11. The zero-order valence-electron chi connectivity index (χ0n) is 14.9. The van der Waals surface area contributed by atoms with Crippen molar-refractivity contribution in [2.45, 2.75) is 13.2 Å². The predicted molar refractivity (Wildman–Crippen MR) is 109 cm³/mol. The van der Waals surface area contributed by atoms with Gasteiger partial charge in [-0.05, 0) is 40.1 Å². The first-order valence-electron chi connectivity index (χ1n) is 8.75. The normalized spacial score (nSPS) is 10.9. The van der Waals surface area contributed by atoms with Gasteiger partial charge in [-0.2, -0.15) is 5.10 Å². The number of aliphatic hydroxyl groups excluding tert-OH is 1. The summed E-state index contributed by atoms with van der Waals surface area (Å²) in [6.07, 6.45) is 1.40. The summed E-state index contributed by atoms with van der Waals surface area (Å²) in [7, 11) is 0. The van der Waals surface area contributed by atoms with Crippen LogP contribution in [0.4, 0.5) is 0 Å². The second-order valence-electron chi connectivity index (χ2n) is 6.37. The van der Waals surface area contributed by atoms with Gasteiger partial charge >= 0.3 is 5.56 Å². The van der Waals surface area contributed by atoms with Crippen molar-refractivity contribution >= 4 is 22.4 Å². The van der Waals surface area contributed by atoms with Crippen LogP contribution in [0.25, 0.3) is 10.8 Å². The second kappa shape index (κ2) is 7.84. The van der Waals surface area contributed by atoms with Gasteiger partial charge in [-0.15, -0.1) is 0 Å². The number of hydrogen-bond acceptors (Lipinski definition) is 4. The Hall–Kier alpha value is -3.15. The fraction of sp³-hybridized carbons (Fsp3) is 0.0909. The Bertz CT molecular complexity index is 1190. The van der Waals surface area contributed by atoms with Gasteiger partial charge in [0.15, 0.2) is 0 Å². The number of halogens is 1. The first-order chi connectivity index (χ1) is 13.6. The molecule has 0 aliphatic carbocycles. The third kappa shape index (κ3) is 3.76. The Kier molecular flexibility index (Phi) is 5.10. The van der Waals surface area contributed by atoms with Gasteiger partial charge in [0.25, 0.3) is 0 Å². The van der Waals surface area contributed by atoms with Gasteiger partial charge in [0.1, 0.15) is 10.8 Å². The molecular weight excluding hydrogens is 376 g/mol. The zero-order valence-corrected chi connectivity index (χ0v) is 15.6. The number of fused-ring (bicyclic) bond motifs is 1. The van der Waals surface area contributed by atoms with Crippen LogP contribution in [0, 0.1) is 0 Å². The molecule has 0 bridgehead atoms. The van der Waals surface area contributed by atoms with Crippen LogP contribution >= 0.6 is 11.6 Å². The lowest BCUT2D eigenvalue weighted by Crippen LogP contribution is -2.24. The highest BCUT2D eigenvalue weighted by molar-refractivity contribution is 6.31. The minimum absolute atomic E-state index is 0.0224. The van der Waals surface area contributed by atoms with E-state index in [4.69, 9.17) is 21.4 Å². The molecular formula is C22H17ClN2O3. The van der Waals surface area contributed by atoms with Crippen molar-refractivity contribution in [3.8, 4) is 11.5 Å². The smallest absolute Gasteiger partial charge is 0.311 e. The number of rotatable bonds is 5. The highest BCUT2D eigenvalue weighted by Gasteiger charge is 2.13. The molecule has 0 aliphatic rings. The van der Waals surface area contributed by atoms with E-state index in [1.807, 2.05) is 42.5 Å². The van der Waals surface area contributed by atoms with Gasteiger partial charge < -0.3 is 9.84 Å². The minimum Gasteiger partial charge on any atom is -0.450 e. The molecule has 28 heavy (non-hydrogen) atoms. The largest absolute Gasteiger partial charge is 0.450 e. The minimum atomic E-state index is -0.410. The van der Waals surface area contributed by atoms with Crippen LogP contribution in [0.2, 0.25) is 5.02 Å². The molecule has 4 aromatic rings. The summed E-state index contributed by atoms with van der Waals surface area (Å²) < 4.78 is 7.03. The number of benzene rings is 3. The summed E-state index contributed by atoms with van der Waals surface area (Å²) in [5.41, 5.74) is 1.29. The molecule has 1 heterocycles. The lowest BCUT2D eigenvalue weighted by molar-refractivity contribution is 0.281. The number of aromatic nitrogens is 2. The van der Waals surface area contributed by atoms with E-state index in [0.29, 0.717) is 12.3 Å². The van der Waals surface area contributed by atoms with Crippen molar-refractivity contribution in [3.05, 3.63) is 99.4 Å². The highest BCUT2D eigenvalue weighted by atomic mass is 35.5. The molecule has 0 radical (unpaired) electrons. The average Bonchev–Trinajstić information content (AvgIpc) is 2.73. The van der Waals surface area contributed by atoms with Gasteiger partial charge in [-0.3, -0.25) is 4.79 Å². The van der Waals surface area contributed by atoms with E-state index in [1.165, 1.54) is 10.9 Å². The monoisotopic (exact) mass is 392 g/mol. The maximum absolute atomic E-state index is 12.8. The summed E-state index contributed by atoms with van der Waals surface area (Å²) in [5, 5.41) is 15.6. The molecule has 0 aliphatic heterocycles. The molecule has 3 aromatic carbocycles. The molecule has 6 heteroatoms. The number of ether oxygens (including phenoxy) is 1. The van der Waals surface area contributed by atoms with E-state index >= 15 is 0 Å². The Morgan fingerprint density at radius 2 is 1.68 bits per heavy atom. The van der Waals surface area contributed by atoms with Crippen molar-refractivity contribution in [1.82, 2.24) is 9.78 Å². The summed E-state index contributed by atoms with van der Waals surface area (Å²) in [5.74, 6) is 0.480. The number of aliphatic hydroxyl groups is 1. The van der Waals surface area contributed by atoms with Gasteiger partial charge in [-0.25, -0.2) is 4.68 Å². The SMILES string of the molecule is O=c1c(Oc2ccc(CO)cc2)c(Cl)cnn1Cc1ccc2ccccc2c1. The Morgan fingerprint density at radius 3 is 2.43 bits per heavy atom. The van der Waals surface area contributed by atoms with Crippen molar-refractivity contribution in [2.75, 3.05) is 0 Å². The third-order valence-electron chi connectivity index (χ3n) is 4.43. The average molecular weight is 393 g/mol. The summed E-state index contributed by atoms with van der Waals surface area (Å²) in [4.78, 5) is 12.8. The van der Waals surface area contributed by atoms with Gasteiger partial charge in [-0.1, -0.05) is 60.1 Å². The van der Waals surface area contributed by atoms with Crippen LogP contribution in [-0.2, 0) is 13.2 Å². The molecule has 1 N–H and O–H groups in total. The van der Waals surface area contributed by atoms with Gasteiger partial charge in [0.2, 0.25) is 5.75 Å². The van der Waals surface area contributed by atoms with Crippen LogP contribution in [0.5, 0.6) is 11.5 Å². The molecule has 0 atom stereocenters. The number of hydrogen-bond donors (Lipinski definition) is 1. The predicted octanol–water partition coefficient (Wildman–Crippen LogP) is 4.38. The van der Waals surface area contributed by atoms with E-state index in [1.54, 1.807) is 24.3 Å². The van der Waals surface area contributed by atoms with Gasteiger partial charge in [0, 0.05) is 0 Å². The topological polar surface area (TPSA) is 64.3 Å². The standard InChI is InChI=1S/C22H17ClN2O3/c23-20-12-24-25(13-16-5-8-17-3-1-2-4-18(17)11-16)22(27)21(20)28-19-9-6-15(14-26)7-10-19/h1-12,26H,13-14H2. The maximum atomic E-state index is 12.8. The van der Waals surface area contributed by atoms with Gasteiger partial charge in [0.05, 0.1) is 19.3 Å². The lowest BCUT2D eigenvalue weighted by Gasteiger charge is -2.11. The van der Waals surface area contributed by atoms with Crippen LogP contribution < -0.4 is 10.3 Å². The molecule has 140 valence electrons. The van der Waals surface area contributed by atoms with E-state index in [9.17, 15) is 4.79 Å².